The molecule has 0 aliphatic carbocycles. The predicted octanol–water partition coefficient (Wildman–Crippen LogP) is 1.48. The molecule has 1 saturated heterocycles. The van der Waals surface area contributed by atoms with Gasteiger partial charge in [0.2, 0.25) is 5.91 Å². The highest BCUT2D eigenvalue weighted by Crippen LogP contribution is 2.23. The Hall–Kier alpha value is -1.10. The van der Waals surface area contributed by atoms with E-state index in [0.29, 0.717) is 25.3 Å². The molecule has 110 valence electrons. The fourth-order valence-corrected chi connectivity index (χ4v) is 2.36. The number of nitrogens with zero attached hydrogens (tertiary/aromatic N) is 1. The summed E-state index contributed by atoms with van der Waals surface area (Å²) in [5.74, 6) is -0.359. The minimum atomic E-state index is -0.843. The van der Waals surface area contributed by atoms with Crippen molar-refractivity contribution in [3.8, 4) is 0 Å². The topological polar surface area (TPSA) is 69.6 Å². The van der Waals surface area contributed by atoms with Crippen LogP contribution in [0.3, 0.4) is 0 Å². The van der Waals surface area contributed by atoms with Gasteiger partial charge in [0.05, 0.1) is 0 Å². The van der Waals surface area contributed by atoms with Gasteiger partial charge in [-0.3, -0.25) is 14.5 Å². The Labute approximate surface area is 115 Å². The Morgan fingerprint density at radius 1 is 1.32 bits per heavy atom. The average Bonchev–Trinajstić information content (AvgIpc) is 2.74. The van der Waals surface area contributed by atoms with Gasteiger partial charge in [-0.05, 0) is 46.1 Å². The van der Waals surface area contributed by atoms with Crippen molar-refractivity contribution in [2.45, 2.75) is 52.0 Å². The van der Waals surface area contributed by atoms with E-state index in [2.05, 4.69) is 31.0 Å². The third-order valence-electron chi connectivity index (χ3n) is 3.62. The third-order valence-corrected chi connectivity index (χ3v) is 3.62. The van der Waals surface area contributed by atoms with Crippen LogP contribution in [0, 0.1) is 5.92 Å². The molecular weight excluding hydrogens is 244 g/mol. The van der Waals surface area contributed by atoms with E-state index in [1.165, 1.54) is 0 Å². The standard InChI is InChI=1S/C14H26N2O3/c1-14(2,3)16-8-7-11(10-16)9-15-12(17)5-4-6-13(18)19/h11H,4-10H2,1-3H3,(H,15,17)(H,18,19)/t11-/m0/s1. The number of carboxylic acids is 1. The van der Waals surface area contributed by atoms with Crippen LogP contribution < -0.4 is 5.32 Å². The molecule has 2 N–H and O–H groups in total. The Kier molecular flexibility index (Phi) is 5.79. The minimum absolute atomic E-state index is 0.0320. The van der Waals surface area contributed by atoms with E-state index in [9.17, 15) is 9.59 Å². The molecule has 1 fully saturated rings. The van der Waals surface area contributed by atoms with Crippen molar-refractivity contribution >= 4 is 11.9 Å². The molecule has 0 radical (unpaired) electrons. The maximum absolute atomic E-state index is 11.5. The minimum Gasteiger partial charge on any atom is -0.481 e. The molecule has 0 unspecified atom stereocenters. The zero-order valence-electron chi connectivity index (χ0n) is 12.2. The fourth-order valence-electron chi connectivity index (χ4n) is 2.36. The van der Waals surface area contributed by atoms with Gasteiger partial charge in [0.25, 0.3) is 0 Å². The maximum Gasteiger partial charge on any atom is 0.303 e. The largest absolute Gasteiger partial charge is 0.481 e. The summed E-state index contributed by atoms with van der Waals surface area (Å²) in [4.78, 5) is 24.3. The maximum atomic E-state index is 11.5. The number of hydrogen-bond acceptors (Lipinski definition) is 3. The number of hydrogen-bond donors (Lipinski definition) is 2. The number of carboxylic acid groups (broad SMARTS) is 1. The molecule has 1 rings (SSSR count). The Balaban J connectivity index is 2.16. The first-order chi connectivity index (χ1) is 8.79. The number of carbonyl (C=O) groups is 2. The van der Waals surface area contributed by atoms with E-state index in [0.717, 1.165) is 19.5 Å². The van der Waals surface area contributed by atoms with Crippen LogP contribution in [0.15, 0.2) is 0 Å². The predicted molar refractivity (Wildman–Crippen MR) is 73.9 cm³/mol. The highest BCUT2D eigenvalue weighted by atomic mass is 16.4. The first-order valence-corrected chi connectivity index (χ1v) is 7.02. The van der Waals surface area contributed by atoms with Crippen molar-refractivity contribution in [1.29, 1.82) is 0 Å². The van der Waals surface area contributed by atoms with Gasteiger partial charge in [-0.15, -0.1) is 0 Å². The lowest BCUT2D eigenvalue weighted by Crippen LogP contribution is -2.40. The molecule has 0 saturated carbocycles. The second-order valence-electron chi connectivity index (χ2n) is 6.32. The molecule has 0 aromatic heterocycles. The van der Waals surface area contributed by atoms with Gasteiger partial charge in [-0.1, -0.05) is 0 Å². The van der Waals surface area contributed by atoms with E-state index in [4.69, 9.17) is 5.11 Å². The first-order valence-electron chi connectivity index (χ1n) is 7.02. The molecule has 5 heteroatoms. The second kappa shape index (κ2) is 6.89. The quantitative estimate of drug-likeness (QED) is 0.767. The molecule has 0 spiro atoms. The van der Waals surface area contributed by atoms with E-state index in [1.54, 1.807) is 0 Å². The molecule has 1 amide bonds. The average molecular weight is 270 g/mol. The molecule has 1 aliphatic heterocycles. The number of aliphatic carboxylic acids is 1. The number of likely N-dealkylation sites (tertiary alicyclic amines) is 1. The van der Waals surface area contributed by atoms with Crippen LogP contribution in [0.5, 0.6) is 0 Å². The number of rotatable bonds is 6. The van der Waals surface area contributed by atoms with Gasteiger partial charge in [-0.2, -0.15) is 0 Å². The summed E-state index contributed by atoms with van der Waals surface area (Å²) in [6.45, 7) is 9.44. The van der Waals surface area contributed by atoms with Gasteiger partial charge in [0.15, 0.2) is 0 Å². The van der Waals surface area contributed by atoms with Crippen molar-refractivity contribution in [3.05, 3.63) is 0 Å². The molecule has 1 heterocycles. The molecule has 1 aliphatic rings. The molecular formula is C14H26N2O3. The van der Waals surface area contributed by atoms with Crippen molar-refractivity contribution in [2.75, 3.05) is 19.6 Å². The van der Waals surface area contributed by atoms with Crippen LogP contribution in [-0.2, 0) is 9.59 Å². The van der Waals surface area contributed by atoms with E-state index in [-0.39, 0.29) is 17.9 Å². The lowest BCUT2D eigenvalue weighted by molar-refractivity contribution is -0.137. The summed E-state index contributed by atoms with van der Waals surface area (Å²) in [5.41, 5.74) is 0.195. The fraction of sp³-hybridized carbons (Fsp3) is 0.857. The van der Waals surface area contributed by atoms with Crippen LogP contribution in [-0.4, -0.2) is 47.1 Å². The summed E-state index contributed by atoms with van der Waals surface area (Å²) < 4.78 is 0. The van der Waals surface area contributed by atoms with Crippen molar-refractivity contribution in [2.24, 2.45) is 5.92 Å². The van der Waals surface area contributed by atoms with Crippen LogP contribution in [0.2, 0.25) is 0 Å². The SMILES string of the molecule is CC(C)(C)N1CC[C@@H](CNC(=O)CCCC(=O)O)C1. The van der Waals surface area contributed by atoms with Crippen molar-refractivity contribution in [3.63, 3.8) is 0 Å². The zero-order chi connectivity index (χ0) is 14.5. The number of nitrogens with one attached hydrogen (secondary N) is 1. The lowest BCUT2D eigenvalue weighted by atomic mass is 10.1. The van der Waals surface area contributed by atoms with Crippen molar-refractivity contribution < 1.29 is 14.7 Å². The molecule has 0 bridgehead atoms. The Morgan fingerprint density at radius 3 is 2.53 bits per heavy atom. The molecule has 0 aromatic carbocycles. The summed E-state index contributed by atoms with van der Waals surface area (Å²) in [5, 5.41) is 11.4. The van der Waals surface area contributed by atoms with Crippen LogP contribution >= 0.6 is 0 Å². The van der Waals surface area contributed by atoms with E-state index < -0.39 is 5.97 Å². The van der Waals surface area contributed by atoms with Crippen LogP contribution in [0.25, 0.3) is 0 Å². The summed E-state index contributed by atoms with van der Waals surface area (Å²) in [6, 6.07) is 0. The van der Waals surface area contributed by atoms with Gasteiger partial charge in [0.1, 0.15) is 0 Å². The number of carbonyl (C=O) groups excluding carboxylic acids is 1. The highest BCUT2D eigenvalue weighted by Gasteiger charge is 2.30. The van der Waals surface area contributed by atoms with Crippen LogP contribution in [0.4, 0.5) is 0 Å². The smallest absolute Gasteiger partial charge is 0.303 e. The van der Waals surface area contributed by atoms with Gasteiger partial charge in [0, 0.05) is 31.5 Å². The van der Waals surface area contributed by atoms with E-state index in [1.807, 2.05) is 0 Å². The highest BCUT2D eigenvalue weighted by molar-refractivity contribution is 5.76. The van der Waals surface area contributed by atoms with Crippen molar-refractivity contribution in [1.82, 2.24) is 10.2 Å². The zero-order valence-corrected chi connectivity index (χ0v) is 12.2. The molecule has 0 aromatic rings. The van der Waals surface area contributed by atoms with Crippen LogP contribution in [0.1, 0.15) is 46.5 Å². The third kappa shape index (κ3) is 6.05. The number of amides is 1. The second-order valence-corrected chi connectivity index (χ2v) is 6.32. The first kappa shape index (κ1) is 16.0. The lowest BCUT2D eigenvalue weighted by Gasteiger charge is -2.31. The van der Waals surface area contributed by atoms with Gasteiger partial charge < -0.3 is 10.4 Å². The van der Waals surface area contributed by atoms with Gasteiger partial charge in [-0.25, -0.2) is 0 Å². The molecule has 19 heavy (non-hydrogen) atoms. The summed E-state index contributed by atoms with van der Waals surface area (Å²) in [7, 11) is 0. The molecule has 1 atom stereocenters. The normalized spacial score (nSPS) is 20.5. The summed E-state index contributed by atoms with van der Waals surface area (Å²) >= 11 is 0. The van der Waals surface area contributed by atoms with E-state index >= 15 is 0 Å². The molecule has 5 nitrogen and oxygen atoms in total. The van der Waals surface area contributed by atoms with Gasteiger partial charge >= 0.3 is 5.97 Å². The monoisotopic (exact) mass is 270 g/mol. The summed E-state index contributed by atoms with van der Waals surface area (Å²) in [6.07, 6.45) is 1.91. The Bertz CT molecular complexity index is 323. The Morgan fingerprint density at radius 2 is 2.00 bits per heavy atom.